The van der Waals surface area contributed by atoms with E-state index < -0.39 is 5.97 Å². The molecule has 78 heavy (non-hydrogen) atoms. The number of furan rings is 2. The Hall–Kier alpha value is -7.84. The number of anilines is 2. The number of ketones is 2. The van der Waals surface area contributed by atoms with Gasteiger partial charge in [0.15, 0.2) is 11.6 Å². The number of hydrogen-bond donors (Lipinski definition) is 4. The smallest absolute Gasteiger partial charge is 0.335 e. The fourth-order valence-corrected chi connectivity index (χ4v) is 9.46. The predicted molar refractivity (Wildman–Crippen MR) is 315 cm³/mol. The zero-order chi connectivity index (χ0) is 54.4. The minimum absolute atomic E-state index is 0. The van der Waals surface area contributed by atoms with Crippen molar-refractivity contribution in [3.05, 3.63) is 179 Å². The number of aromatic carboxylic acids is 1. The Labute approximate surface area is 465 Å². The number of amides is 1. The van der Waals surface area contributed by atoms with Gasteiger partial charge in [-0.15, -0.1) is 23.2 Å². The molecule has 2 saturated heterocycles. The second-order valence-electron chi connectivity index (χ2n) is 19.3. The van der Waals surface area contributed by atoms with Crippen LogP contribution in [0.15, 0.2) is 143 Å². The molecule has 15 heteroatoms. The van der Waals surface area contributed by atoms with Crippen LogP contribution in [0.25, 0.3) is 56.3 Å². The first-order chi connectivity index (χ1) is 37.1. The van der Waals surface area contributed by atoms with Gasteiger partial charge >= 0.3 is 5.97 Å². The monoisotopic (exact) mass is 1090 g/mol. The van der Waals surface area contributed by atoms with Crippen molar-refractivity contribution in [1.82, 2.24) is 20.2 Å². The minimum Gasteiger partial charge on any atom is -0.478 e. The molecule has 0 spiro atoms. The van der Waals surface area contributed by atoms with E-state index in [1.807, 2.05) is 73.3 Å². The molecule has 4 aromatic carbocycles. The number of hydrogen-bond acceptors (Lipinski definition) is 11. The molecule has 0 atom stereocenters. The largest absolute Gasteiger partial charge is 0.478 e. The van der Waals surface area contributed by atoms with E-state index in [1.54, 1.807) is 79.2 Å². The van der Waals surface area contributed by atoms with Crippen LogP contribution in [0.4, 0.5) is 11.6 Å². The van der Waals surface area contributed by atoms with Gasteiger partial charge < -0.3 is 35.6 Å². The highest BCUT2D eigenvalue weighted by molar-refractivity contribution is 6.21. The molecule has 13 nitrogen and oxygen atoms in total. The zero-order valence-corrected chi connectivity index (χ0v) is 44.7. The highest BCUT2D eigenvalue weighted by atomic mass is 35.5. The van der Waals surface area contributed by atoms with Gasteiger partial charge in [-0.1, -0.05) is 31.7 Å². The minimum atomic E-state index is -0.947. The highest BCUT2D eigenvalue weighted by Crippen LogP contribution is 2.33. The zero-order valence-electron chi connectivity index (χ0n) is 43.1. The van der Waals surface area contributed by atoms with Crippen LogP contribution in [0, 0.1) is 13.8 Å². The molecular weight excluding hydrogens is 1020 g/mol. The summed E-state index contributed by atoms with van der Waals surface area (Å²) in [6.45, 7) is 7.61. The molecule has 0 aliphatic carbocycles. The number of carboxylic acid groups (broad SMARTS) is 1. The van der Waals surface area contributed by atoms with Crippen LogP contribution in [-0.4, -0.2) is 80.4 Å². The van der Waals surface area contributed by atoms with Crippen LogP contribution < -0.4 is 16.8 Å². The summed E-state index contributed by atoms with van der Waals surface area (Å²) in [7, 11) is 0. The Morgan fingerprint density at radius 2 is 1.05 bits per heavy atom. The van der Waals surface area contributed by atoms with Crippen molar-refractivity contribution in [2.24, 2.45) is 0 Å². The molecular formula is C63H66Cl2N6O7. The third kappa shape index (κ3) is 16.1. The number of fused-ring (bicyclic) bond motifs is 2. The quantitative estimate of drug-likeness (QED) is 0.0592. The van der Waals surface area contributed by atoms with Gasteiger partial charge in [-0.25, -0.2) is 14.8 Å². The average Bonchev–Trinajstić information content (AvgIpc) is 4.17. The van der Waals surface area contributed by atoms with E-state index in [-0.39, 0.29) is 35.8 Å². The van der Waals surface area contributed by atoms with E-state index in [9.17, 15) is 19.2 Å². The second-order valence-corrected chi connectivity index (χ2v) is 20.6. The summed E-state index contributed by atoms with van der Waals surface area (Å²) in [6.07, 6.45) is 15.5. The number of allylic oxidation sites excluding steroid dienone is 2. The van der Waals surface area contributed by atoms with Gasteiger partial charge in [-0.2, -0.15) is 0 Å². The van der Waals surface area contributed by atoms with Crippen molar-refractivity contribution < 1.29 is 33.1 Å². The van der Waals surface area contributed by atoms with Crippen LogP contribution >= 0.6 is 23.2 Å². The van der Waals surface area contributed by atoms with Crippen LogP contribution in [0.1, 0.15) is 100 Å². The number of rotatable bonds is 14. The maximum atomic E-state index is 12.9. The Morgan fingerprint density at radius 3 is 1.45 bits per heavy atom. The van der Waals surface area contributed by atoms with Crippen molar-refractivity contribution in [2.75, 3.05) is 37.6 Å². The molecule has 0 unspecified atom stereocenters. The fraction of sp³-hybridized carbons (Fsp3) is 0.270. The summed E-state index contributed by atoms with van der Waals surface area (Å²) >= 11 is 12.0. The number of nitrogens with one attached hydrogen (secondary N) is 1. The summed E-state index contributed by atoms with van der Waals surface area (Å²) in [5, 5.41) is 14.9. The van der Waals surface area contributed by atoms with Gasteiger partial charge in [0.05, 0.1) is 5.56 Å². The van der Waals surface area contributed by atoms with E-state index in [0.717, 1.165) is 117 Å². The summed E-state index contributed by atoms with van der Waals surface area (Å²) in [5.74, 6) is 1.53. The maximum Gasteiger partial charge on any atom is 0.335 e. The van der Waals surface area contributed by atoms with E-state index in [1.165, 1.54) is 0 Å². The number of nitrogen functional groups attached to an aromatic ring is 2. The standard InChI is InChI=1S/C31H30ClN3O3.C26H22N2O4.C5H10ClN.CH4/c1-20-16-24(22-4-6-23(7-5-22)31(37)35-14-12-26(32)13-15-35)17-25-18-28(38-30(20)25)10-9-27(36)8-2-21-3-11-29(33)34-19-21;1-16-12-20(18-4-6-19(7-5-18)26(30)31)13-21-14-23(32-25(16)21)10-9-22(29)8-2-17-3-11-24(27)28-15-17;6-5-1-3-7-4-2-5;/h2-8,11,16-19,26H,9-10,12-15H2,1H3,(H2,33,34);2-8,11-15H,9-10H2,1H3,(H2,27,28)(H,30,31);5,7H,1-4H2;1H4/b2*8-2+;;. The summed E-state index contributed by atoms with van der Waals surface area (Å²) in [6, 6.07) is 33.7. The predicted octanol–water partition coefficient (Wildman–Crippen LogP) is 13.4. The summed E-state index contributed by atoms with van der Waals surface area (Å²) in [4.78, 5) is 58.4. The number of nitrogens with two attached hydrogens (primary N) is 2. The molecule has 10 rings (SSSR count). The number of piperidine rings is 2. The third-order valence-corrected chi connectivity index (χ3v) is 14.3. The van der Waals surface area contributed by atoms with E-state index >= 15 is 0 Å². The van der Waals surface area contributed by atoms with Gasteiger partial charge in [0.25, 0.3) is 5.91 Å². The fourth-order valence-electron chi connectivity index (χ4n) is 9.04. The first-order valence-corrected chi connectivity index (χ1v) is 26.6. The van der Waals surface area contributed by atoms with E-state index in [2.05, 4.69) is 27.4 Å². The number of likely N-dealkylation sites (tertiary alicyclic amines) is 1. The number of halogens is 2. The van der Waals surface area contributed by atoms with Crippen molar-refractivity contribution >= 4 is 92.4 Å². The number of carbonyl (C=O) groups excluding carboxylic acids is 3. The lowest BCUT2D eigenvalue weighted by atomic mass is 9.99. The third-order valence-electron chi connectivity index (χ3n) is 13.4. The summed E-state index contributed by atoms with van der Waals surface area (Å²) in [5.41, 5.74) is 21.4. The van der Waals surface area contributed by atoms with Crippen molar-refractivity contribution in [3.63, 3.8) is 0 Å². The molecule has 0 radical (unpaired) electrons. The maximum absolute atomic E-state index is 12.9. The van der Waals surface area contributed by atoms with E-state index in [0.29, 0.717) is 61.3 Å². The molecule has 6 N–H and O–H groups in total. The molecule has 8 aromatic rings. The van der Waals surface area contributed by atoms with Crippen LogP contribution in [0.5, 0.6) is 0 Å². The number of pyridine rings is 2. The first-order valence-electron chi connectivity index (χ1n) is 25.8. The van der Waals surface area contributed by atoms with Crippen molar-refractivity contribution in [1.29, 1.82) is 0 Å². The number of nitrogens with zero attached hydrogens (tertiary/aromatic N) is 3. The Bertz CT molecular complexity index is 3390. The SMILES string of the molecule is C.Cc1cc(-c2ccc(C(=O)N3CCC(Cl)CC3)cc2)cc2cc(CCC(=O)/C=C/c3ccc(N)nc3)oc12.Cc1cc(-c2ccc(C(=O)O)cc2)cc2cc(CCC(=O)/C=C/c3ccc(N)nc3)oc12.ClC1CCNCC1. The molecule has 6 heterocycles. The molecule has 404 valence electrons. The lowest BCUT2D eigenvalue weighted by Gasteiger charge is -2.29. The topological polar surface area (TPSA) is 208 Å². The normalized spacial score (nSPS) is 13.9. The van der Waals surface area contributed by atoms with Crippen LogP contribution in [0.3, 0.4) is 0 Å². The lowest BCUT2D eigenvalue weighted by molar-refractivity contribution is -0.115. The van der Waals surface area contributed by atoms with Gasteiger partial charge in [-0.05, 0) is 206 Å². The summed E-state index contributed by atoms with van der Waals surface area (Å²) < 4.78 is 12.1. The number of alkyl halides is 2. The average molecular weight is 1090 g/mol. The molecule has 1 amide bonds. The van der Waals surface area contributed by atoms with Gasteiger partial charge in [-0.3, -0.25) is 14.4 Å². The second kappa shape index (κ2) is 27.5. The van der Waals surface area contributed by atoms with E-state index in [4.69, 9.17) is 48.6 Å². The van der Waals surface area contributed by atoms with Crippen molar-refractivity contribution in [2.45, 2.75) is 83.4 Å². The number of carbonyl (C=O) groups is 4. The number of aromatic nitrogens is 2. The Morgan fingerprint density at radius 1 is 0.615 bits per heavy atom. The molecule has 0 bridgehead atoms. The number of carboxylic acids is 1. The van der Waals surface area contributed by atoms with Gasteiger partial charge in [0.1, 0.15) is 34.3 Å². The Kier molecular flexibility index (Phi) is 20.4. The highest BCUT2D eigenvalue weighted by Gasteiger charge is 2.23. The molecule has 2 aliphatic rings. The molecule has 0 saturated carbocycles. The van der Waals surface area contributed by atoms with Gasteiger partial charge in [0.2, 0.25) is 0 Å². The molecule has 2 fully saturated rings. The van der Waals surface area contributed by atoms with Crippen molar-refractivity contribution in [3.8, 4) is 22.3 Å². The van der Waals surface area contributed by atoms with Crippen LogP contribution in [-0.2, 0) is 22.4 Å². The number of benzene rings is 4. The first kappa shape index (κ1) is 57.9. The molecule has 2 aliphatic heterocycles. The number of aryl methyl sites for hydroxylation is 4. The molecule has 4 aromatic heterocycles. The lowest BCUT2D eigenvalue weighted by Crippen LogP contribution is -2.38. The van der Waals surface area contributed by atoms with Crippen LogP contribution in [0.2, 0.25) is 0 Å². The van der Waals surface area contributed by atoms with Gasteiger partial charge in [0, 0.05) is 78.3 Å². The Balaban J connectivity index is 0.000000200.